The Kier molecular flexibility index (Phi) is 6.96. The summed E-state index contributed by atoms with van der Waals surface area (Å²) in [5.74, 6) is 2.39. The fourth-order valence-electron chi connectivity index (χ4n) is 4.55. The summed E-state index contributed by atoms with van der Waals surface area (Å²) in [7, 11) is -2.00. The predicted molar refractivity (Wildman–Crippen MR) is 145 cm³/mol. The Morgan fingerprint density at radius 1 is 0.917 bits per heavy atom. The van der Waals surface area contributed by atoms with Crippen LogP contribution in [0.25, 0.3) is 10.2 Å². The van der Waals surface area contributed by atoms with Gasteiger partial charge in [-0.25, -0.2) is 18.4 Å². The number of benzene rings is 2. The fourth-order valence-corrected chi connectivity index (χ4v) is 7.01. The quantitative estimate of drug-likeness (QED) is 0.353. The third kappa shape index (κ3) is 4.83. The van der Waals surface area contributed by atoms with Gasteiger partial charge in [-0.3, -0.25) is 0 Å². The SMILES string of the molecule is COc1ccc(S(=O)(=O)N2CCN(c3nc(CCc4ccccc4)nc4sc(C)c(C)c34)CC2)cc1. The second-order valence-electron chi connectivity index (χ2n) is 8.98. The van der Waals surface area contributed by atoms with Gasteiger partial charge in [-0.2, -0.15) is 4.31 Å². The molecule has 188 valence electrons. The molecule has 0 amide bonds. The van der Waals surface area contributed by atoms with Crippen LogP contribution in [0.4, 0.5) is 5.82 Å². The number of hydrogen-bond acceptors (Lipinski definition) is 7. The molecule has 4 aromatic rings. The molecule has 5 rings (SSSR count). The maximum Gasteiger partial charge on any atom is 0.243 e. The third-order valence-electron chi connectivity index (χ3n) is 6.77. The van der Waals surface area contributed by atoms with Crippen molar-refractivity contribution in [1.82, 2.24) is 14.3 Å². The molecule has 0 bridgehead atoms. The Hall–Kier alpha value is -3.01. The van der Waals surface area contributed by atoms with Crippen molar-refractivity contribution in [2.45, 2.75) is 31.6 Å². The first-order chi connectivity index (χ1) is 17.4. The first-order valence-corrected chi connectivity index (χ1v) is 14.3. The van der Waals surface area contributed by atoms with Crippen molar-refractivity contribution in [2.75, 3.05) is 38.2 Å². The molecule has 2 aromatic carbocycles. The summed E-state index contributed by atoms with van der Waals surface area (Å²) >= 11 is 1.70. The molecule has 0 N–H and O–H groups in total. The standard InChI is InChI=1S/C27H30N4O3S2/c1-19-20(2)35-27-25(19)26(28-24(29-27)14-9-21-7-5-4-6-8-21)30-15-17-31(18-16-30)36(32,33)23-12-10-22(34-3)11-13-23/h4-8,10-13H,9,14-18H2,1-3H3. The van der Waals surface area contributed by atoms with E-state index in [4.69, 9.17) is 14.7 Å². The van der Waals surface area contributed by atoms with Gasteiger partial charge in [-0.1, -0.05) is 30.3 Å². The Morgan fingerprint density at radius 2 is 1.61 bits per heavy atom. The minimum absolute atomic E-state index is 0.286. The number of aryl methyl sites for hydroxylation is 4. The highest BCUT2D eigenvalue weighted by molar-refractivity contribution is 7.89. The molecule has 1 saturated heterocycles. The molecular weight excluding hydrogens is 492 g/mol. The Bertz CT molecular complexity index is 1460. The van der Waals surface area contributed by atoms with Crippen molar-refractivity contribution in [3.05, 3.63) is 76.4 Å². The van der Waals surface area contributed by atoms with Crippen LogP contribution >= 0.6 is 11.3 Å². The van der Waals surface area contributed by atoms with Gasteiger partial charge in [0.05, 0.1) is 17.4 Å². The molecule has 0 spiro atoms. The second-order valence-corrected chi connectivity index (χ2v) is 12.1. The van der Waals surface area contributed by atoms with Gasteiger partial charge >= 0.3 is 0 Å². The number of hydrogen-bond donors (Lipinski definition) is 0. The minimum atomic E-state index is -3.57. The van der Waals surface area contributed by atoms with Crippen LogP contribution in [-0.2, 0) is 22.9 Å². The number of aromatic nitrogens is 2. The van der Waals surface area contributed by atoms with Gasteiger partial charge in [0.1, 0.15) is 22.2 Å². The van der Waals surface area contributed by atoms with Crippen LogP contribution in [0.1, 0.15) is 21.8 Å². The molecule has 36 heavy (non-hydrogen) atoms. The molecule has 0 saturated carbocycles. The molecule has 0 radical (unpaired) electrons. The maximum absolute atomic E-state index is 13.2. The molecule has 0 unspecified atom stereocenters. The van der Waals surface area contributed by atoms with Gasteiger partial charge in [-0.05, 0) is 55.7 Å². The molecule has 1 aliphatic rings. The van der Waals surface area contributed by atoms with Crippen molar-refractivity contribution in [2.24, 2.45) is 0 Å². The van der Waals surface area contributed by atoms with Crippen LogP contribution in [0.15, 0.2) is 59.5 Å². The lowest BCUT2D eigenvalue weighted by Gasteiger charge is -2.35. The number of methoxy groups -OCH3 is 1. The highest BCUT2D eigenvalue weighted by Gasteiger charge is 2.30. The summed E-state index contributed by atoms with van der Waals surface area (Å²) in [6, 6.07) is 16.9. The van der Waals surface area contributed by atoms with E-state index in [1.165, 1.54) is 16.0 Å². The van der Waals surface area contributed by atoms with Crippen LogP contribution in [-0.4, -0.2) is 56.0 Å². The van der Waals surface area contributed by atoms with E-state index in [0.717, 1.165) is 34.7 Å². The number of anilines is 1. The van der Waals surface area contributed by atoms with E-state index in [1.807, 2.05) is 6.07 Å². The van der Waals surface area contributed by atoms with E-state index in [2.05, 4.69) is 43.0 Å². The van der Waals surface area contributed by atoms with E-state index in [1.54, 1.807) is 47.0 Å². The van der Waals surface area contributed by atoms with E-state index in [9.17, 15) is 8.42 Å². The summed E-state index contributed by atoms with van der Waals surface area (Å²) in [5.41, 5.74) is 2.46. The third-order valence-corrected chi connectivity index (χ3v) is 9.79. The van der Waals surface area contributed by atoms with Crippen LogP contribution in [0, 0.1) is 13.8 Å². The monoisotopic (exact) mass is 522 g/mol. The van der Waals surface area contributed by atoms with Crippen LogP contribution < -0.4 is 9.64 Å². The highest BCUT2D eigenvalue weighted by Crippen LogP contribution is 2.36. The lowest BCUT2D eigenvalue weighted by molar-refractivity contribution is 0.383. The Morgan fingerprint density at radius 3 is 2.28 bits per heavy atom. The van der Waals surface area contributed by atoms with E-state index in [0.29, 0.717) is 31.9 Å². The first-order valence-electron chi connectivity index (χ1n) is 12.1. The smallest absolute Gasteiger partial charge is 0.243 e. The van der Waals surface area contributed by atoms with Gasteiger partial charge in [0.25, 0.3) is 0 Å². The van der Waals surface area contributed by atoms with E-state index < -0.39 is 10.0 Å². The van der Waals surface area contributed by atoms with Crippen LogP contribution in [0.5, 0.6) is 5.75 Å². The molecule has 0 aliphatic carbocycles. The normalized spacial score (nSPS) is 14.9. The molecule has 3 heterocycles. The van der Waals surface area contributed by atoms with Crippen LogP contribution in [0.2, 0.25) is 0 Å². The van der Waals surface area contributed by atoms with Crippen molar-refractivity contribution in [3.63, 3.8) is 0 Å². The van der Waals surface area contributed by atoms with Crippen molar-refractivity contribution in [1.29, 1.82) is 0 Å². The van der Waals surface area contributed by atoms with Crippen molar-refractivity contribution >= 4 is 37.4 Å². The lowest BCUT2D eigenvalue weighted by atomic mass is 10.1. The molecule has 7 nitrogen and oxygen atoms in total. The number of ether oxygens (including phenoxy) is 1. The number of piperazine rings is 1. The zero-order valence-electron chi connectivity index (χ0n) is 20.8. The zero-order valence-corrected chi connectivity index (χ0v) is 22.4. The lowest BCUT2D eigenvalue weighted by Crippen LogP contribution is -2.49. The Labute approximate surface area is 216 Å². The number of rotatable bonds is 7. The van der Waals surface area contributed by atoms with Crippen molar-refractivity contribution in [3.8, 4) is 5.75 Å². The van der Waals surface area contributed by atoms with Gasteiger partial charge in [0.2, 0.25) is 10.0 Å². The highest BCUT2D eigenvalue weighted by atomic mass is 32.2. The summed E-state index contributed by atoms with van der Waals surface area (Å²) in [4.78, 5) is 14.7. The minimum Gasteiger partial charge on any atom is -0.497 e. The molecule has 1 fully saturated rings. The summed E-state index contributed by atoms with van der Waals surface area (Å²) < 4.78 is 33.2. The predicted octanol–water partition coefficient (Wildman–Crippen LogP) is 4.61. The molecule has 1 aliphatic heterocycles. The number of nitrogens with zero attached hydrogens (tertiary/aromatic N) is 4. The first kappa shape index (κ1) is 24.7. The van der Waals surface area contributed by atoms with Gasteiger partial charge in [-0.15, -0.1) is 11.3 Å². The van der Waals surface area contributed by atoms with Gasteiger partial charge < -0.3 is 9.64 Å². The summed E-state index contributed by atoms with van der Waals surface area (Å²) in [6.07, 6.45) is 1.64. The largest absolute Gasteiger partial charge is 0.497 e. The summed E-state index contributed by atoms with van der Waals surface area (Å²) in [6.45, 7) is 6.20. The average Bonchev–Trinajstić information content (AvgIpc) is 3.20. The molecule has 2 aromatic heterocycles. The second kappa shape index (κ2) is 10.2. The average molecular weight is 523 g/mol. The summed E-state index contributed by atoms with van der Waals surface area (Å²) in [5, 5.41) is 1.09. The van der Waals surface area contributed by atoms with Crippen LogP contribution in [0.3, 0.4) is 0 Å². The number of sulfonamides is 1. The number of fused-ring (bicyclic) bond motifs is 1. The molecule has 0 atom stereocenters. The molecular formula is C27H30N4O3S2. The van der Waals surface area contributed by atoms with Gasteiger partial charge in [0, 0.05) is 37.5 Å². The topological polar surface area (TPSA) is 75.6 Å². The van der Waals surface area contributed by atoms with Gasteiger partial charge in [0.15, 0.2) is 0 Å². The number of thiophene rings is 1. The van der Waals surface area contributed by atoms with Crippen molar-refractivity contribution < 1.29 is 13.2 Å². The van der Waals surface area contributed by atoms with E-state index in [-0.39, 0.29) is 4.90 Å². The zero-order chi connectivity index (χ0) is 25.3. The Balaban J connectivity index is 1.38. The fraction of sp³-hybridized carbons (Fsp3) is 0.333. The molecule has 9 heteroatoms. The maximum atomic E-state index is 13.2. The van der Waals surface area contributed by atoms with E-state index >= 15 is 0 Å².